The van der Waals surface area contributed by atoms with Crippen molar-refractivity contribution in [3.63, 3.8) is 0 Å². The van der Waals surface area contributed by atoms with E-state index in [1.165, 1.54) is 12.1 Å². The van der Waals surface area contributed by atoms with Gasteiger partial charge in [0.05, 0.1) is 11.1 Å². The molecule has 0 aliphatic carbocycles. The van der Waals surface area contributed by atoms with E-state index in [2.05, 4.69) is 4.98 Å². The van der Waals surface area contributed by atoms with Crippen molar-refractivity contribution in [1.29, 1.82) is 0 Å². The van der Waals surface area contributed by atoms with Gasteiger partial charge in [0.1, 0.15) is 5.82 Å². The lowest BCUT2D eigenvalue weighted by molar-refractivity contribution is -0.137. The fourth-order valence-electron chi connectivity index (χ4n) is 3.08. The molecule has 2 aromatic rings. The Balaban J connectivity index is 2.70. The zero-order valence-corrected chi connectivity index (χ0v) is 17.0. The van der Waals surface area contributed by atoms with Crippen LogP contribution in [-0.4, -0.2) is 22.0 Å². The lowest BCUT2D eigenvalue weighted by Gasteiger charge is -2.26. The second-order valence-corrected chi connectivity index (χ2v) is 7.35. The molecular formula is C20H25F3N4O3. The first kappa shape index (κ1) is 23.2. The highest BCUT2D eigenvalue weighted by Crippen LogP contribution is 2.33. The SMILES string of the molecule is CCCCN(C(=O)c1ccccc1C(F)(F)F)c1c(N)n(CC(C)C)c(=O)[nH]c1=O. The summed E-state index contributed by atoms with van der Waals surface area (Å²) in [6.07, 6.45) is -3.71. The number of nitrogen functional groups attached to an aromatic ring is 1. The molecule has 2 rings (SSSR count). The van der Waals surface area contributed by atoms with Crippen molar-refractivity contribution in [2.24, 2.45) is 5.92 Å². The van der Waals surface area contributed by atoms with Crippen LogP contribution < -0.4 is 21.9 Å². The number of nitrogens with one attached hydrogen (secondary N) is 1. The predicted octanol–water partition coefficient (Wildman–Crippen LogP) is 3.24. The molecule has 0 fully saturated rings. The summed E-state index contributed by atoms with van der Waals surface area (Å²) >= 11 is 0. The number of hydrogen-bond acceptors (Lipinski definition) is 4. The van der Waals surface area contributed by atoms with Crippen molar-refractivity contribution in [2.45, 2.75) is 46.3 Å². The first-order valence-corrected chi connectivity index (χ1v) is 9.59. The standard InChI is InChI=1S/C20H25F3N4O3/c1-4-5-10-26(18(29)13-8-6-7-9-14(13)20(21,22)23)15-16(24)27(11-12(2)3)19(30)25-17(15)28/h6-9,12H,4-5,10-11,24H2,1-3H3,(H,25,28,30). The molecule has 1 amide bonds. The van der Waals surface area contributed by atoms with Crippen molar-refractivity contribution in [3.8, 4) is 0 Å². The van der Waals surface area contributed by atoms with Crippen molar-refractivity contribution in [3.05, 3.63) is 56.2 Å². The van der Waals surface area contributed by atoms with Crippen LogP contribution in [0.1, 0.15) is 49.5 Å². The molecule has 0 saturated heterocycles. The van der Waals surface area contributed by atoms with Gasteiger partial charge < -0.3 is 10.6 Å². The van der Waals surface area contributed by atoms with Gasteiger partial charge in [-0.15, -0.1) is 0 Å². The molecule has 1 aromatic carbocycles. The van der Waals surface area contributed by atoms with Crippen molar-refractivity contribution < 1.29 is 18.0 Å². The number of carbonyl (C=O) groups is 1. The van der Waals surface area contributed by atoms with Crippen molar-refractivity contribution in [1.82, 2.24) is 9.55 Å². The van der Waals surface area contributed by atoms with Gasteiger partial charge in [0, 0.05) is 13.1 Å². The lowest BCUT2D eigenvalue weighted by Crippen LogP contribution is -2.42. The summed E-state index contributed by atoms with van der Waals surface area (Å²) in [5.41, 5.74) is 2.37. The Kier molecular flexibility index (Phi) is 7.12. The van der Waals surface area contributed by atoms with Gasteiger partial charge in [-0.05, 0) is 24.5 Å². The lowest BCUT2D eigenvalue weighted by atomic mass is 10.1. The van der Waals surface area contributed by atoms with Crippen LogP contribution >= 0.6 is 0 Å². The third kappa shape index (κ3) is 4.92. The summed E-state index contributed by atoms with van der Waals surface area (Å²) in [6.45, 7) is 5.63. The van der Waals surface area contributed by atoms with Crippen LogP contribution in [0.3, 0.4) is 0 Å². The van der Waals surface area contributed by atoms with Gasteiger partial charge in [0.15, 0.2) is 5.69 Å². The molecule has 0 unspecified atom stereocenters. The molecule has 0 atom stereocenters. The number of aromatic amines is 1. The average molecular weight is 426 g/mol. The van der Waals surface area contributed by atoms with E-state index in [9.17, 15) is 27.6 Å². The number of amides is 1. The number of benzene rings is 1. The van der Waals surface area contributed by atoms with Gasteiger partial charge in [-0.3, -0.25) is 19.1 Å². The van der Waals surface area contributed by atoms with E-state index in [0.717, 1.165) is 21.6 Å². The maximum Gasteiger partial charge on any atom is 0.417 e. The Labute approximate surface area is 171 Å². The second kappa shape index (κ2) is 9.19. The molecule has 0 saturated carbocycles. The van der Waals surface area contributed by atoms with E-state index in [4.69, 9.17) is 5.73 Å². The molecule has 7 nitrogen and oxygen atoms in total. The van der Waals surface area contributed by atoms with Crippen LogP contribution in [0, 0.1) is 5.92 Å². The maximum atomic E-state index is 13.4. The fraction of sp³-hybridized carbons (Fsp3) is 0.450. The van der Waals surface area contributed by atoms with E-state index in [0.29, 0.717) is 12.8 Å². The topological polar surface area (TPSA) is 101 Å². The maximum absolute atomic E-state index is 13.4. The number of anilines is 2. The molecule has 0 spiro atoms. The number of unbranched alkanes of at least 4 members (excludes halogenated alkanes) is 1. The summed E-state index contributed by atoms with van der Waals surface area (Å²) in [6, 6.07) is 4.35. The zero-order valence-electron chi connectivity index (χ0n) is 17.0. The molecular weight excluding hydrogens is 401 g/mol. The summed E-state index contributed by atoms with van der Waals surface area (Å²) < 4.78 is 41.4. The first-order valence-electron chi connectivity index (χ1n) is 9.59. The van der Waals surface area contributed by atoms with Gasteiger partial charge in [0.25, 0.3) is 11.5 Å². The number of aromatic nitrogens is 2. The smallest absolute Gasteiger partial charge is 0.383 e. The monoisotopic (exact) mass is 426 g/mol. The second-order valence-electron chi connectivity index (χ2n) is 7.35. The molecule has 0 radical (unpaired) electrons. The number of halogens is 3. The van der Waals surface area contributed by atoms with Crippen LogP contribution in [0.2, 0.25) is 0 Å². The quantitative estimate of drug-likeness (QED) is 0.710. The summed E-state index contributed by atoms with van der Waals surface area (Å²) in [4.78, 5) is 41.0. The number of alkyl halides is 3. The van der Waals surface area contributed by atoms with E-state index in [-0.39, 0.29) is 30.5 Å². The van der Waals surface area contributed by atoms with Gasteiger partial charge >= 0.3 is 11.9 Å². The Bertz CT molecular complexity index is 1030. The van der Waals surface area contributed by atoms with Crippen molar-refractivity contribution in [2.75, 3.05) is 17.2 Å². The highest BCUT2D eigenvalue weighted by Gasteiger charge is 2.37. The number of carbonyl (C=O) groups excluding carboxylic acids is 1. The number of nitrogens with two attached hydrogens (primary N) is 1. The Morgan fingerprint density at radius 2 is 1.87 bits per heavy atom. The zero-order chi connectivity index (χ0) is 22.6. The van der Waals surface area contributed by atoms with Crippen LogP contribution in [0.5, 0.6) is 0 Å². The third-order valence-electron chi connectivity index (χ3n) is 4.48. The van der Waals surface area contributed by atoms with Gasteiger partial charge in [0.2, 0.25) is 0 Å². The number of rotatable bonds is 7. The normalized spacial score (nSPS) is 11.7. The average Bonchev–Trinajstić information content (AvgIpc) is 2.66. The molecule has 10 heteroatoms. The fourth-order valence-corrected chi connectivity index (χ4v) is 3.08. The molecule has 30 heavy (non-hydrogen) atoms. The van der Waals surface area contributed by atoms with Crippen molar-refractivity contribution >= 4 is 17.4 Å². The van der Waals surface area contributed by atoms with E-state index in [1.807, 2.05) is 20.8 Å². The van der Waals surface area contributed by atoms with Gasteiger partial charge in [-0.1, -0.05) is 39.3 Å². The molecule has 0 bridgehead atoms. The van der Waals surface area contributed by atoms with Gasteiger partial charge in [-0.2, -0.15) is 13.2 Å². The van der Waals surface area contributed by atoms with Crippen LogP contribution in [0.4, 0.5) is 24.7 Å². The molecule has 0 aliphatic heterocycles. The van der Waals surface area contributed by atoms with E-state index >= 15 is 0 Å². The third-order valence-corrected chi connectivity index (χ3v) is 4.48. The van der Waals surface area contributed by atoms with Crippen LogP contribution in [0.15, 0.2) is 33.9 Å². The molecule has 164 valence electrons. The van der Waals surface area contributed by atoms with Crippen LogP contribution in [-0.2, 0) is 12.7 Å². The predicted molar refractivity (Wildman–Crippen MR) is 109 cm³/mol. The van der Waals surface area contributed by atoms with E-state index < -0.39 is 34.5 Å². The highest BCUT2D eigenvalue weighted by atomic mass is 19.4. The minimum Gasteiger partial charge on any atom is -0.383 e. The van der Waals surface area contributed by atoms with Gasteiger partial charge in [-0.25, -0.2) is 4.79 Å². The number of hydrogen-bond donors (Lipinski definition) is 2. The highest BCUT2D eigenvalue weighted by molar-refractivity contribution is 6.08. The summed E-state index contributed by atoms with van der Waals surface area (Å²) in [7, 11) is 0. The number of H-pyrrole nitrogens is 1. The van der Waals surface area contributed by atoms with Crippen LogP contribution in [0.25, 0.3) is 0 Å². The minimum atomic E-state index is -4.75. The molecule has 1 aromatic heterocycles. The summed E-state index contributed by atoms with van der Waals surface area (Å²) in [5, 5.41) is 0. The summed E-state index contributed by atoms with van der Waals surface area (Å²) in [5.74, 6) is -1.27. The largest absolute Gasteiger partial charge is 0.417 e. The number of nitrogens with zero attached hydrogens (tertiary/aromatic N) is 2. The minimum absolute atomic E-state index is 0.00509. The Morgan fingerprint density at radius 1 is 1.23 bits per heavy atom. The molecule has 3 N–H and O–H groups in total. The molecule has 1 heterocycles. The Hall–Kier alpha value is -3.04. The Morgan fingerprint density at radius 3 is 2.43 bits per heavy atom. The molecule has 0 aliphatic rings. The van der Waals surface area contributed by atoms with E-state index in [1.54, 1.807) is 0 Å². The first-order chi connectivity index (χ1) is 14.0.